The first-order chi connectivity index (χ1) is 14.7. The second kappa shape index (κ2) is 9.48. The second-order valence-corrected chi connectivity index (χ2v) is 11.1. The number of aromatic nitrogens is 2. The average Bonchev–Trinajstić information content (AvgIpc) is 3.15. The van der Waals surface area contributed by atoms with Crippen molar-refractivity contribution in [2.24, 2.45) is 7.05 Å². The Morgan fingerprint density at radius 1 is 1.28 bits per heavy atom. The highest BCUT2D eigenvalue weighted by Gasteiger charge is 2.29. The van der Waals surface area contributed by atoms with E-state index in [1.165, 1.54) is 10.6 Å². The van der Waals surface area contributed by atoms with Crippen molar-refractivity contribution in [3.63, 3.8) is 0 Å². The molecule has 0 N–H and O–H groups in total. The molecule has 0 amide bonds. The summed E-state index contributed by atoms with van der Waals surface area (Å²) >= 11 is 1.61. The predicted molar refractivity (Wildman–Crippen MR) is 130 cm³/mol. The minimum Gasteiger partial charge on any atom is -0.481 e. The molecule has 4 heterocycles. The standard InChI is InChI=1S/C21H26N4O4S2.ClH/c1-14-11-25(31(4,27)28)8-7-24(14)12-16-9-17-20(30-16)18(13-23(2)21(17)26)15-5-6-19(29-3)22-10-15;/h5-6,9-10,13-14H,7-8,11-12H2,1-4H3;1H/t14-;/m1./s1. The van der Waals surface area contributed by atoms with Gasteiger partial charge in [-0.25, -0.2) is 13.4 Å². The first-order valence-electron chi connectivity index (χ1n) is 9.99. The largest absolute Gasteiger partial charge is 0.481 e. The van der Waals surface area contributed by atoms with Gasteiger partial charge in [0.2, 0.25) is 15.9 Å². The summed E-state index contributed by atoms with van der Waals surface area (Å²) in [5.41, 5.74) is 1.85. The van der Waals surface area contributed by atoms with Gasteiger partial charge in [-0.2, -0.15) is 4.31 Å². The lowest BCUT2D eigenvalue weighted by atomic mass is 10.1. The van der Waals surface area contributed by atoms with Gasteiger partial charge in [-0.1, -0.05) is 0 Å². The van der Waals surface area contributed by atoms with Crippen molar-refractivity contribution in [3.8, 4) is 17.0 Å². The SMILES string of the molecule is COc1ccc(-c2cn(C)c(=O)c3cc(CN4CCN(S(C)(=O)=O)C[C@H]4C)sc23)cn1.Cl. The van der Waals surface area contributed by atoms with E-state index in [0.717, 1.165) is 20.7 Å². The second-order valence-electron chi connectivity index (χ2n) is 7.94. The van der Waals surface area contributed by atoms with Crippen LogP contribution in [0, 0.1) is 0 Å². The molecule has 8 nitrogen and oxygen atoms in total. The number of thiophene rings is 1. The van der Waals surface area contributed by atoms with E-state index in [-0.39, 0.29) is 24.0 Å². The molecular formula is C21H27ClN4O4S2. The number of hydrogen-bond donors (Lipinski definition) is 0. The van der Waals surface area contributed by atoms with Crippen molar-refractivity contribution in [1.82, 2.24) is 18.8 Å². The molecule has 3 aromatic rings. The number of halogens is 1. The molecule has 3 aromatic heterocycles. The van der Waals surface area contributed by atoms with Crippen LogP contribution in [0.3, 0.4) is 0 Å². The van der Waals surface area contributed by atoms with Crippen LogP contribution in [0.2, 0.25) is 0 Å². The third-order valence-electron chi connectivity index (χ3n) is 5.71. The fourth-order valence-electron chi connectivity index (χ4n) is 3.94. The van der Waals surface area contributed by atoms with E-state index in [2.05, 4.69) is 9.88 Å². The van der Waals surface area contributed by atoms with Gasteiger partial charge in [-0.3, -0.25) is 9.69 Å². The van der Waals surface area contributed by atoms with E-state index < -0.39 is 10.0 Å². The van der Waals surface area contributed by atoms with Crippen LogP contribution in [0.25, 0.3) is 21.2 Å². The summed E-state index contributed by atoms with van der Waals surface area (Å²) in [5, 5.41) is 0.693. The minimum atomic E-state index is -3.18. The Hall–Kier alpha value is -1.98. The van der Waals surface area contributed by atoms with E-state index in [0.29, 0.717) is 37.4 Å². The van der Waals surface area contributed by atoms with Gasteiger partial charge >= 0.3 is 0 Å². The average molecular weight is 499 g/mol. The first kappa shape index (κ1) is 24.7. The Labute approximate surface area is 197 Å². The lowest BCUT2D eigenvalue weighted by molar-refractivity contribution is 0.123. The van der Waals surface area contributed by atoms with Gasteiger partial charge in [0.05, 0.1) is 18.8 Å². The zero-order valence-electron chi connectivity index (χ0n) is 18.4. The molecule has 0 unspecified atom stereocenters. The maximum Gasteiger partial charge on any atom is 0.259 e. The summed E-state index contributed by atoms with van der Waals surface area (Å²) in [4.78, 5) is 20.4. The quantitative estimate of drug-likeness (QED) is 0.537. The lowest BCUT2D eigenvalue weighted by Crippen LogP contribution is -2.52. The highest BCUT2D eigenvalue weighted by atomic mass is 35.5. The summed E-state index contributed by atoms with van der Waals surface area (Å²) in [6.45, 7) is 4.35. The predicted octanol–water partition coefficient (Wildman–Crippen LogP) is 2.56. The van der Waals surface area contributed by atoms with E-state index >= 15 is 0 Å². The number of pyridine rings is 2. The Morgan fingerprint density at radius 3 is 2.62 bits per heavy atom. The number of ether oxygens (including phenoxy) is 1. The van der Waals surface area contributed by atoms with Crippen LogP contribution in [0.15, 0.2) is 35.4 Å². The number of sulfonamides is 1. The van der Waals surface area contributed by atoms with Gasteiger partial charge in [0.25, 0.3) is 5.56 Å². The van der Waals surface area contributed by atoms with E-state index in [9.17, 15) is 13.2 Å². The van der Waals surface area contributed by atoms with Crippen LogP contribution in [-0.2, 0) is 23.6 Å². The van der Waals surface area contributed by atoms with Crippen molar-refractivity contribution in [1.29, 1.82) is 0 Å². The summed E-state index contributed by atoms with van der Waals surface area (Å²) in [6, 6.07) is 5.82. The topological polar surface area (TPSA) is 84.7 Å². The van der Waals surface area contributed by atoms with Crippen molar-refractivity contribution in [3.05, 3.63) is 45.8 Å². The van der Waals surface area contributed by atoms with Gasteiger partial charge in [0.15, 0.2) is 0 Å². The normalized spacial score (nSPS) is 17.9. The van der Waals surface area contributed by atoms with Gasteiger partial charge in [0.1, 0.15) is 0 Å². The van der Waals surface area contributed by atoms with E-state index in [1.54, 1.807) is 36.3 Å². The van der Waals surface area contributed by atoms with Gasteiger partial charge in [-0.05, 0) is 19.1 Å². The number of piperazine rings is 1. The molecule has 1 fully saturated rings. The molecule has 1 aliphatic heterocycles. The van der Waals surface area contributed by atoms with Crippen molar-refractivity contribution in [2.45, 2.75) is 19.5 Å². The van der Waals surface area contributed by atoms with Gasteiger partial charge in [-0.15, -0.1) is 23.7 Å². The lowest BCUT2D eigenvalue weighted by Gasteiger charge is -2.38. The molecule has 11 heteroatoms. The van der Waals surface area contributed by atoms with Crippen LogP contribution >= 0.6 is 23.7 Å². The summed E-state index contributed by atoms with van der Waals surface area (Å²) < 4.78 is 32.9. The molecule has 0 spiro atoms. The van der Waals surface area contributed by atoms with Crippen molar-refractivity contribution in [2.75, 3.05) is 33.0 Å². The maximum absolute atomic E-state index is 12.8. The highest BCUT2D eigenvalue weighted by molar-refractivity contribution is 7.88. The highest BCUT2D eigenvalue weighted by Crippen LogP contribution is 2.34. The number of nitrogens with zero attached hydrogens (tertiary/aromatic N) is 4. The maximum atomic E-state index is 12.8. The summed E-state index contributed by atoms with van der Waals surface area (Å²) in [7, 11) is 0.157. The number of methoxy groups -OCH3 is 1. The molecule has 1 saturated heterocycles. The number of rotatable bonds is 5. The number of fused-ring (bicyclic) bond motifs is 1. The van der Waals surface area contributed by atoms with E-state index in [4.69, 9.17) is 4.74 Å². The Balaban J connectivity index is 0.00000289. The van der Waals surface area contributed by atoms with Gasteiger partial charge < -0.3 is 9.30 Å². The summed E-state index contributed by atoms with van der Waals surface area (Å²) in [6.07, 6.45) is 4.86. The third-order valence-corrected chi connectivity index (χ3v) is 8.14. The fourth-order valence-corrected chi connectivity index (χ4v) is 6.05. The number of aryl methyl sites for hydroxylation is 1. The molecular weight excluding hydrogens is 472 g/mol. The van der Waals surface area contributed by atoms with Crippen LogP contribution < -0.4 is 10.3 Å². The Kier molecular flexibility index (Phi) is 7.31. The van der Waals surface area contributed by atoms with Crippen LogP contribution in [0.5, 0.6) is 5.88 Å². The molecule has 0 radical (unpaired) electrons. The smallest absolute Gasteiger partial charge is 0.259 e. The molecule has 0 aliphatic carbocycles. The summed E-state index contributed by atoms with van der Waals surface area (Å²) in [5.74, 6) is 0.541. The molecule has 174 valence electrons. The van der Waals surface area contributed by atoms with Crippen LogP contribution in [0.4, 0.5) is 0 Å². The monoisotopic (exact) mass is 498 g/mol. The van der Waals surface area contributed by atoms with Crippen molar-refractivity contribution >= 4 is 43.9 Å². The molecule has 1 atom stereocenters. The van der Waals surface area contributed by atoms with Gasteiger partial charge in [0, 0.05) is 78.4 Å². The number of hydrogen-bond acceptors (Lipinski definition) is 7. The molecule has 32 heavy (non-hydrogen) atoms. The molecule has 0 aromatic carbocycles. The van der Waals surface area contributed by atoms with E-state index in [1.807, 2.05) is 31.3 Å². The third kappa shape index (κ3) is 4.84. The van der Waals surface area contributed by atoms with Crippen LogP contribution in [-0.4, -0.2) is 66.2 Å². The Morgan fingerprint density at radius 2 is 2.03 bits per heavy atom. The Bertz CT molecular complexity index is 1270. The van der Waals surface area contributed by atoms with Crippen molar-refractivity contribution < 1.29 is 13.2 Å². The fraction of sp³-hybridized carbons (Fsp3) is 0.429. The zero-order valence-corrected chi connectivity index (χ0v) is 20.9. The molecule has 4 rings (SSSR count). The minimum absolute atomic E-state index is 0. The first-order valence-corrected chi connectivity index (χ1v) is 12.7. The molecule has 1 aliphatic rings. The van der Waals surface area contributed by atoms with Crippen LogP contribution in [0.1, 0.15) is 11.8 Å². The zero-order chi connectivity index (χ0) is 22.3. The molecule has 0 bridgehead atoms. The molecule has 0 saturated carbocycles.